The fraction of sp³-hybridized carbons (Fsp3) is 0.512. The molecular weight excluding hydrogens is 624 g/mol. The van der Waals surface area contributed by atoms with Crippen LogP contribution < -0.4 is 4.90 Å². The molecule has 0 radical (unpaired) electrons. The molecule has 3 aromatic carbocycles. The first-order valence-electron chi connectivity index (χ1n) is 18.9. The van der Waals surface area contributed by atoms with Gasteiger partial charge in [0.05, 0.1) is 6.04 Å². The van der Waals surface area contributed by atoms with E-state index in [1.54, 1.807) is 0 Å². The maximum Gasteiger partial charge on any atom is 0.219 e. The van der Waals surface area contributed by atoms with Crippen molar-refractivity contribution in [2.45, 2.75) is 83.7 Å². The van der Waals surface area contributed by atoms with Crippen LogP contribution in [0.25, 0.3) is 0 Å². The number of halogens is 1. The molecule has 0 N–H and O–H groups in total. The zero-order chi connectivity index (χ0) is 34.2. The summed E-state index contributed by atoms with van der Waals surface area (Å²) in [5.74, 6) is 3.95. The lowest BCUT2D eigenvalue weighted by Gasteiger charge is -2.39. The first-order valence-corrected chi connectivity index (χ1v) is 19.3. The average molecular weight is 681 g/mol. The molecule has 0 bridgehead atoms. The Labute approximate surface area is 300 Å². The summed E-state index contributed by atoms with van der Waals surface area (Å²) in [6.07, 6.45) is 10.4. The topological polar surface area (TPSA) is 35.8 Å². The van der Waals surface area contributed by atoms with Gasteiger partial charge in [-0.2, -0.15) is 0 Å². The molecule has 6 heteroatoms. The molecule has 1 aliphatic heterocycles. The number of nitrogens with zero attached hydrogens (tertiary/aromatic N) is 4. The molecule has 1 saturated carbocycles. The summed E-state index contributed by atoms with van der Waals surface area (Å²) in [6, 6.07) is 30.9. The van der Waals surface area contributed by atoms with Gasteiger partial charge in [0.15, 0.2) is 0 Å². The zero-order valence-electron chi connectivity index (χ0n) is 30.2. The Morgan fingerprint density at radius 1 is 0.776 bits per heavy atom. The van der Waals surface area contributed by atoms with Gasteiger partial charge in [-0.3, -0.25) is 4.90 Å². The maximum atomic E-state index is 6.98. The average Bonchev–Trinajstić information content (AvgIpc) is 3.54. The summed E-state index contributed by atoms with van der Waals surface area (Å²) in [4.78, 5) is 12.9. The van der Waals surface area contributed by atoms with Crippen molar-refractivity contribution in [3.05, 3.63) is 118 Å². The number of rotatable bonds is 14. The van der Waals surface area contributed by atoms with Gasteiger partial charge in [0, 0.05) is 30.6 Å². The number of aromatic nitrogens is 1. The zero-order valence-corrected chi connectivity index (χ0v) is 31.0. The van der Waals surface area contributed by atoms with Crippen LogP contribution in [0.5, 0.6) is 0 Å². The smallest absolute Gasteiger partial charge is 0.219 e. The van der Waals surface area contributed by atoms with E-state index in [-0.39, 0.29) is 6.04 Å². The normalized spacial score (nSPS) is 20.2. The molecule has 2 fully saturated rings. The Balaban J connectivity index is 1.18. The van der Waals surface area contributed by atoms with Crippen LogP contribution in [0.3, 0.4) is 0 Å². The minimum atomic E-state index is 0.191. The van der Waals surface area contributed by atoms with E-state index in [1.807, 2.05) is 12.1 Å². The van der Waals surface area contributed by atoms with Gasteiger partial charge in [-0.15, -0.1) is 0 Å². The van der Waals surface area contributed by atoms with Gasteiger partial charge in [-0.25, -0.2) is 4.98 Å². The fourth-order valence-corrected chi connectivity index (χ4v) is 8.85. The standard InChI is InChI=1S/C43H57ClN4O/c1-5-47(6-2)40(31-34-17-19-36(20-18-34)41(46(3)4)37-21-23-38(44)24-22-37)42-45-39(30-33-15-11-8-12-16-33)43(49-42)48-27-25-35(26-28-48)29-32-13-9-7-10-14-32/h7-16,21-24,34-36,40-41H,5-6,17-20,25-31H2,1-4H3. The third kappa shape index (κ3) is 9.17. The molecule has 49 heavy (non-hydrogen) atoms. The molecule has 6 rings (SSSR count). The van der Waals surface area contributed by atoms with Crippen LogP contribution in [0, 0.1) is 17.8 Å². The summed E-state index contributed by atoms with van der Waals surface area (Å²) < 4.78 is 6.98. The number of oxazole rings is 1. The highest BCUT2D eigenvalue weighted by Crippen LogP contribution is 2.43. The summed E-state index contributed by atoms with van der Waals surface area (Å²) in [5, 5.41) is 0.807. The number of piperidine rings is 1. The Kier molecular flexibility index (Phi) is 12.5. The quantitative estimate of drug-likeness (QED) is 0.132. The molecule has 0 amide bonds. The highest BCUT2D eigenvalue weighted by atomic mass is 35.5. The van der Waals surface area contributed by atoms with Crippen molar-refractivity contribution in [1.82, 2.24) is 14.8 Å². The summed E-state index contributed by atoms with van der Waals surface area (Å²) in [7, 11) is 4.45. The Hall–Kier alpha value is -3.12. The van der Waals surface area contributed by atoms with E-state index in [4.69, 9.17) is 21.0 Å². The van der Waals surface area contributed by atoms with E-state index in [0.717, 1.165) is 67.9 Å². The maximum absolute atomic E-state index is 6.98. The monoisotopic (exact) mass is 680 g/mol. The molecule has 2 unspecified atom stereocenters. The van der Waals surface area contributed by atoms with Crippen LogP contribution in [-0.4, -0.2) is 55.1 Å². The predicted octanol–water partition coefficient (Wildman–Crippen LogP) is 10.3. The molecule has 2 aliphatic rings. The highest BCUT2D eigenvalue weighted by molar-refractivity contribution is 6.30. The van der Waals surface area contributed by atoms with Gasteiger partial charge in [0.2, 0.25) is 11.8 Å². The molecule has 2 heterocycles. The second kappa shape index (κ2) is 17.2. The van der Waals surface area contributed by atoms with Crippen LogP contribution in [0.2, 0.25) is 5.02 Å². The molecule has 2 atom stereocenters. The number of hydrogen-bond acceptors (Lipinski definition) is 5. The van der Waals surface area contributed by atoms with E-state index in [2.05, 4.69) is 115 Å². The third-order valence-electron chi connectivity index (χ3n) is 11.4. The Morgan fingerprint density at radius 3 is 1.98 bits per heavy atom. The SMILES string of the molecule is CCN(CC)C(CC1CCC(C(c2ccc(Cl)cc2)N(C)C)CC1)c1nc(Cc2ccccc2)c(N2CCC(Cc3ccccc3)CC2)o1. The first kappa shape index (κ1) is 35.7. The van der Waals surface area contributed by atoms with Crippen LogP contribution >= 0.6 is 11.6 Å². The Morgan fingerprint density at radius 2 is 1.39 bits per heavy atom. The largest absolute Gasteiger partial charge is 0.423 e. The molecule has 1 aliphatic carbocycles. The first-order chi connectivity index (χ1) is 23.9. The molecule has 4 aromatic rings. The van der Waals surface area contributed by atoms with Crippen LogP contribution in [-0.2, 0) is 12.8 Å². The van der Waals surface area contributed by atoms with E-state index in [1.165, 1.54) is 55.2 Å². The molecule has 262 valence electrons. The lowest BCUT2D eigenvalue weighted by molar-refractivity contribution is 0.112. The van der Waals surface area contributed by atoms with Crippen molar-refractivity contribution in [3.63, 3.8) is 0 Å². The van der Waals surface area contributed by atoms with Gasteiger partial charge in [0.25, 0.3) is 0 Å². The number of hydrogen-bond donors (Lipinski definition) is 0. The second-order valence-electron chi connectivity index (χ2n) is 14.8. The second-order valence-corrected chi connectivity index (χ2v) is 15.2. The molecule has 1 aromatic heterocycles. The fourth-order valence-electron chi connectivity index (χ4n) is 8.72. The molecular formula is C43H57ClN4O. The van der Waals surface area contributed by atoms with Gasteiger partial charge >= 0.3 is 0 Å². The molecule has 1 saturated heterocycles. The highest BCUT2D eigenvalue weighted by Gasteiger charge is 2.35. The van der Waals surface area contributed by atoms with Crippen molar-refractivity contribution >= 4 is 17.5 Å². The van der Waals surface area contributed by atoms with Crippen LogP contribution in [0.1, 0.15) is 99.2 Å². The molecule has 5 nitrogen and oxygen atoms in total. The van der Waals surface area contributed by atoms with Crippen LogP contribution in [0.15, 0.2) is 89.3 Å². The Bertz CT molecular complexity index is 1540. The third-order valence-corrected chi connectivity index (χ3v) is 11.6. The lowest BCUT2D eigenvalue weighted by Crippen LogP contribution is -2.34. The van der Waals surface area contributed by atoms with E-state index < -0.39 is 0 Å². The van der Waals surface area contributed by atoms with Gasteiger partial charge in [0.1, 0.15) is 5.69 Å². The number of anilines is 1. The van der Waals surface area contributed by atoms with Crippen molar-refractivity contribution in [1.29, 1.82) is 0 Å². The van der Waals surface area contributed by atoms with Crippen LogP contribution in [0.4, 0.5) is 5.88 Å². The lowest BCUT2D eigenvalue weighted by atomic mass is 9.74. The van der Waals surface area contributed by atoms with E-state index >= 15 is 0 Å². The van der Waals surface area contributed by atoms with Crippen molar-refractivity contribution in [2.24, 2.45) is 17.8 Å². The van der Waals surface area contributed by atoms with Crippen molar-refractivity contribution in [2.75, 3.05) is 45.2 Å². The van der Waals surface area contributed by atoms with Gasteiger partial charge in [-0.1, -0.05) is 111 Å². The van der Waals surface area contributed by atoms with Crippen molar-refractivity contribution in [3.8, 4) is 0 Å². The van der Waals surface area contributed by atoms with Gasteiger partial charge < -0.3 is 14.2 Å². The van der Waals surface area contributed by atoms with Crippen molar-refractivity contribution < 1.29 is 4.42 Å². The minimum absolute atomic E-state index is 0.191. The minimum Gasteiger partial charge on any atom is -0.423 e. The predicted molar refractivity (Wildman–Crippen MR) is 204 cm³/mol. The number of benzene rings is 3. The summed E-state index contributed by atoms with van der Waals surface area (Å²) in [5.41, 5.74) is 5.21. The molecule has 0 spiro atoms. The summed E-state index contributed by atoms with van der Waals surface area (Å²) >= 11 is 6.24. The van der Waals surface area contributed by atoms with E-state index in [9.17, 15) is 0 Å². The van der Waals surface area contributed by atoms with E-state index in [0.29, 0.717) is 23.8 Å². The summed E-state index contributed by atoms with van der Waals surface area (Å²) in [6.45, 7) is 8.60. The van der Waals surface area contributed by atoms with Gasteiger partial charge in [-0.05, 0) is 112 Å².